The number of likely N-dealkylation sites (tertiary alicyclic amines) is 1. The number of nitrogens with zero attached hydrogens (tertiary/aromatic N) is 2. The zero-order valence-corrected chi connectivity index (χ0v) is 14.9. The van der Waals surface area contributed by atoms with Crippen LogP contribution in [0.3, 0.4) is 0 Å². The van der Waals surface area contributed by atoms with Gasteiger partial charge in [0.25, 0.3) is 5.56 Å². The number of nitrogens with one attached hydrogen (secondary N) is 1. The number of thioether (sulfide) groups is 1. The van der Waals surface area contributed by atoms with E-state index in [0.717, 1.165) is 25.8 Å². The fraction of sp³-hybridized carbons (Fsp3) is 0.625. The van der Waals surface area contributed by atoms with Gasteiger partial charge in [-0.25, -0.2) is 4.98 Å². The molecule has 0 saturated carbocycles. The Hall–Kier alpha value is -1.83. The molecule has 2 rings (SSSR count). The van der Waals surface area contributed by atoms with Crippen LogP contribution >= 0.6 is 11.8 Å². The fourth-order valence-corrected chi connectivity index (χ4v) is 3.61. The first kappa shape index (κ1) is 18.5. The molecule has 0 radical (unpaired) electrons. The molecule has 0 spiro atoms. The second-order valence-corrected chi connectivity index (χ2v) is 6.69. The highest BCUT2D eigenvalue weighted by atomic mass is 32.2. The summed E-state index contributed by atoms with van der Waals surface area (Å²) in [6.45, 7) is 2.89. The monoisotopic (exact) mass is 353 g/mol. The van der Waals surface area contributed by atoms with Crippen LogP contribution in [-0.2, 0) is 20.7 Å². The molecular formula is C16H23N3O4S. The second kappa shape index (κ2) is 8.86. The molecule has 7 nitrogen and oxygen atoms in total. The van der Waals surface area contributed by atoms with Crippen molar-refractivity contribution < 1.29 is 14.3 Å². The van der Waals surface area contributed by atoms with Crippen LogP contribution in [0.25, 0.3) is 0 Å². The van der Waals surface area contributed by atoms with E-state index in [2.05, 4.69) is 21.6 Å². The third-order valence-corrected chi connectivity index (χ3v) is 4.94. The maximum Gasteiger partial charge on any atom is 0.311 e. The third-order valence-electron chi connectivity index (χ3n) is 4.08. The van der Waals surface area contributed by atoms with E-state index in [1.165, 1.54) is 31.4 Å². The van der Waals surface area contributed by atoms with Crippen molar-refractivity contribution in [3.05, 3.63) is 22.1 Å². The number of carbonyl (C=O) groups excluding carboxylic acids is 2. The molecule has 1 aromatic rings. The summed E-state index contributed by atoms with van der Waals surface area (Å²) in [6.07, 6.45) is 4.15. The summed E-state index contributed by atoms with van der Waals surface area (Å²) < 4.78 is 4.58. The molecule has 1 aliphatic rings. The molecule has 8 heteroatoms. The summed E-state index contributed by atoms with van der Waals surface area (Å²) in [4.78, 5) is 44.2. The van der Waals surface area contributed by atoms with Gasteiger partial charge in [0.1, 0.15) is 0 Å². The molecule has 132 valence electrons. The van der Waals surface area contributed by atoms with E-state index < -0.39 is 5.97 Å². The van der Waals surface area contributed by atoms with Gasteiger partial charge in [-0.2, -0.15) is 0 Å². The number of hydrogen-bond acceptors (Lipinski definition) is 6. The van der Waals surface area contributed by atoms with Crippen LogP contribution in [0, 0.1) is 0 Å². The lowest BCUT2D eigenvalue weighted by Crippen LogP contribution is -2.44. The first-order valence-electron chi connectivity index (χ1n) is 8.12. The van der Waals surface area contributed by atoms with Gasteiger partial charge in [0.15, 0.2) is 5.16 Å². The molecule has 1 fully saturated rings. The van der Waals surface area contributed by atoms with Gasteiger partial charge in [0.05, 0.1) is 25.0 Å². The second-order valence-electron chi connectivity index (χ2n) is 5.73. The highest BCUT2D eigenvalue weighted by molar-refractivity contribution is 7.99. The number of aromatic nitrogens is 2. The van der Waals surface area contributed by atoms with E-state index in [4.69, 9.17) is 0 Å². The lowest BCUT2D eigenvalue weighted by Gasteiger charge is -2.35. The van der Waals surface area contributed by atoms with E-state index in [1.54, 1.807) is 0 Å². The van der Waals surface area contributed by atoms with E-state index in [-0.39, 0.29) is 23.6 Å². The van der Waals surface area contributed by atoms with Crippen molar-refractivity contribution in [2.24, 2.45) is 0 Å². The Bertz CT molecular complexity index is 646. The van der Waals surface area contributed by atoms with E-state index in [0.29, 0.717) is 16.9 Å². The smallest absolute Gasteiger partial charge is 0.311 e. The number of aromatic amines is 1. The summed E-state index contributed by atoms with van der Waals surface area (Å²) in [6, 6.07) is 1.57. The minimum atomic E-state index is -0.459. The summed E-state index contributed by atoms with van der Waals surface area (Å²) >= 11 is 1.19. The number of ether oxygens (including phenoxy) is 1. The summed E-state index contributed by atoms with van der Waals surface area (Å²) in [5.74, 6) is -0.173. The molecule has 0 aliphatic carbocycles. The van der Waals surface area contributed by atoms with Crippen molar-refractivity contribution in [3.63, 3.8) is 0 Å². The summed E-state index contributed by atoms with van der Waals surface area (Å²) in [7, 11) is 1.28. The normalized spacial score (nSPS) is 17.6. The van der Waals surface area contributed by atoms with Crippen molar-refractivity contribution in [3.8, 4) is 0 Å². The van der Waals surface area contributed by atoms with Crippen molar-refractivity contribution in [2.45, 2.75) is 50.2 Å². The Kier molecular flexibility index (Phi) is 6.84. The zero-order valence-electron chi connectivity index (χ0n) is 14.0. The lowest BCUT2D eigenvalue weighted by atomic mass is 10.0. The average Bonchev–Trinajstić information content (AvgIpc) is 2.59. The van der Waals surface area contributed by atoms with Crippen LogP contribution in [0.1, 0.15) is 38.3 Å². The molecular weight excluding hydrogens is 330 g/mol. The van der Waals surface area contributed by atoms with Gasteiger partial charge < -0.3 is 14.6 Å². The van der Waals surface area contributed by atoms with Gasteiger partial charge in [-0.3, -0.25) is 14.4 Å². The highest BCUT2D eigenvalue weighted by Gasteiger charge is 2.25. The van der Waals surface area contributed by atoms with E-state index in [9.17, 15) is 14.4 Å². The summed E-state index contributed by atoms with van der Waals surface area (Å²) in [5.41, 5.74) is -0.00628. The first-order chi connectivity index (χ1) is 11.5. The molecule has 1 amide bonds. The Balaban J connectivity index is 1.99. The molecule has 0 bridgehead atoms. The van der Waals surface area contributed by atoms with Crippen LogP contribution in [0.2, 0.25) is 0 Å². The molecule has 1 saturated heterocycles. The van der Waals surface area contributed by atoms with E-state index >= 15 is 0 Å². The third kappa shape index (κ3) is 5.09. The Morgan fingerprint density at radius 2 is 2.25 bits per heavy atom. The molecule has 0 unspecified atom stereocenters. The van der Waals surface area contributed by atoms with Crippen LogP contribution in [0.4, 0.5) is 0 Å². The van der Waals surface area contributed by atoms with Gasteiger partial charge in [-0.1, -0.05) is 18.7 Å². The average molecular weight is 353 g/mol. The number of rotatable bonds is 6. The fourth-order valence-electron chi connectivity index (χ4n) is 2.83. The van der Waals surface area contributed by atoms with Gasteiger partial charge in [0.2, 0.25) is 5.91 Å². The Labute approximate surface area is 145 Å². The van der Waals surface area contributed by atoms with Crippen LogP contribution in [0.15, 0.2) is 16.0 Å². The molecule has 0 aromatic carbocycles. The van der Waals surface area contributed by atoms with Crippen molar-refractivity contribution in [2.75, 3.05) is 19.4 Å². The van der Waals surface area contributed by atoms with Gasteiger partial charge in [-0.05, 0) is 25.7 Å². The lowest BCUT2D eigenvalue weighted by molar-refractivity contribution is -0.139. The van der Waals surface area contributed by atoms with Crippen LogP contribution in [-0.4, -0.2) is 52.2 Å². The van der Waals surface area contributed by atoms with Crippen molar-refractivity contribution in [1.82, 2.24) is 14.9 Å². The molecule has 1 aliphatic heterocycles. The first-order valence-corrected chi connectivity index (χ1v) is 9.11. The zero-order chi connectivity index (χ0) is 17.5. The summed E-state index contributed by atoms with van der Waals surface area (Å²) in [5, 5.41) is 0.347. The SMILES string of the molecule is CC[C@H]1CCCCN1C(=O)CSc1nc(CC(=O)OC)cc(=O)[nH]1. The maximum absolute atomic E-state index is 12.4. The molecule has 1 aromatic heterocycles. The number of esters is 1. The predicted octanol–water partition coefficient (Wildman–Crippen LogP) is 1.37. The molecule has 24 heavy (non-hydrogen) atoms. The molecule has 1 atom stereocenters. The minimum absolute atomic E-state index is 0.0626. The molecule has 2 heterocycles. The van der Waals surface area contributed by atoms with Crippen LogP contribution < -0.4 is 5.56 Å². The van der Waals surface area contributed by atoms with Crippen molar-refractivity contribution in [1.29, 1.82) is 0 Å². The quantitative estimate of drug-likeness (QED) is 0.472. The Morgan fingerprint density at radius 1 is 1.46 bits per heavy atom. The number of piperidine rings is 1. The number of methoxy groups -OCH3 is 1. The number of amides is 1. The van der Waals surface area contributed by atoms with Crippen LogP contribution in [0.5, 0.6) is 0 Å². The number of H-pyrrole nitrogens is 1. The van der Waals surface area contributed by atoms with Gasteiger partial charge >= 0.3 is 5.97 Å². The Morgan fingerprint density at radius 3 is 2.96 bits per heavy atom. The highest BCUT2D eigenvalue weighted by Crippen LogP contribution is 2.21. The maximum atomic E-state index is 12.4. The van der Waals surface area contributed by atoms with Gasteiger partial charge in [-0.15, -0.1) is 0 Å². The standard InChI is InChI=1S/C16H23N3O4S/c1-3-12-6-4-5-7-19(12)14(21)10-24-16-17-11(8-13(20)18-16)9-15(22)23-2/h8,12H,3-7,9-10H2,1-2H3,(H,17,18,20)/t12-/m0/s1. The van der Waals surface area contributed by atoms with Crippen molar-refractivity contribution >= 4 is 23.6 Å². The van der Waals surface area contributed by atoms with Gasteiger partial charge in [0, 0.05) is 18.7 Å². The minimum Gasteiger partial charge on any atom is -0.469 e. The number of carbonyl (C=O) groups is 2. The molecule has 1 N–H and O–H groups in total. The predicted molar refractivity (Wildman–Crippen MR) is 90.9 cm³/mol. The topological polar surface area (TPSA) is 92.4 Å². The van der Waals surface area contributed by atoms with E-state index in [1.807, 2.05) is 4.90 Å². The largest absolute Gasteiger partial charge is 0.469 e. The number of hydrogen-bond donors (Lipinski definition) is 1.